The molecule has 0 aliphatic heterocycles. The summed E-state index contributed by atoms with van der Waals surface area (Å²) in [6.07, 6.45) is 2.31. The molecule has 0 aliphatic carbocycles. The van der Waals surface area contributed by atoms with Crippen molar-refractivity contribution in [3.05, 3.63) is 53.6 Å². The summed E-state index contributed by atoms with van der Waals surface area (Å²) < 4.78 is 32.2. The maximum Gasteiger partial charge on any atom is 0.336 e. The van der Waals surface area contributed by atoms with E-state index >= 15 is 0 Å². The molecule has 0 amide bonds. The Kier molecular flexibility index (Phi) is 5.23. The van der Waals surface area contributed by atoms with Crippen LogP contribution in [0.25, 0.3) is 0 Å². The number of carbonyl (C=O) groups is 2. The number of carboxylic acids is 2. The zero-order valence-electron chi connectivity index (χ0n) is 11.4. The number of allylic oxidation sites excluding steroid dienone is 2. The van der Waals surface area contributed by atoms with Gasteiger partial charge >= 0.3 is 11.9 Å². The summed E-state index contributed by atoms with van der Waals surface area (Å²) in [6, 6.07) is 0.752. The van der Waals surface area contributed by atoms with Gasteiger partial charge in [-0.3, -0.25) is 4.55 Å². The Morgan fingerprint density at radius 3 is 1.91 bits per heavy atom. The maximum absolute atomic E-state index is 11.5. The van der Waals surface area contributed by atoms with E-state index in [0.29, 0.717) is 0 Å². The van der Waals surface area contributed by atoms with Gasteiger partial charge in [0.1, 0.15) is 0 Å². The summed E-state index contributed by atoms with van der Waals surface area (Å²) in [7, 11) is -4.80. The van der Waals surface area contributed by atoms with Gasteiger partial charge in [0.05, 0.1) is 16.0 Å². The largest absolute Gasteiger partial charge is 0.478 e. The molecule has 0 unspecified atom stereocenters. The molecule has 118 valence electrons. The first-order chi connectivity index (χ1) is 10.1. The highest BCUT2D eigenvalue weighted by Crippen LogP contribution is 2.29. The zero-order chi connectivity index (χ0) is 17.1. The molecule has 0 atom stereocenters. The minimum atomic E-state index is -4.80. The molecular formula is C14H14O7S. The lowest BCUT2D eigenvalue weighted by atomic mass is 9.92. The van der Waals surface area contributed by atoms with Crippen molar-refractivity contribution < 1.29 is 32.8 Å². The molecule has 0 heterocycles. The second-order valence-electron chi connectivity index (χ2n) is 4.33. The third kappa shape index (κ3) is 3.41. The van der Waals surface area contributed by atoms with Crippen LogP contribution in [-0.2, 0) is 23.0 Å². The molecule has 0 radical (unpaired) electrons. The smallest absolute Gasteiger partial charge is 0.336 e. The summed E-state index contributed by atoms with van der Waals surface area (Å²) in [5.74, 6) is -3.00. The van der Waals surface area contributed by atoms with Crippen LogP contribution in [0.1, 0.15) is 31.8 Å². The zero-order valence-corrected chi connectivity index (χ0v) is 12.3. The van der Waals surface area contributed by atoms with E-state index in [9.17, 15) is 32.8 Å². The van der Waals surface area contributed by atoms with Crippen LogP contribution in [-0.4, -0.2) is 35.1 Å². The molecule has 0 aliphatic rings. The van der Waals surface area contributed by atoms with Crippen molar-refractivity contribution in [3.8, 4) is 0 Å². The summed E-state index contributed by atoms with van der Waals surface area (Å²) in [5, 5.41) is 18.5. The third-order valence-corrected chi connectivity index (χ3v) is 3.84. The standard InChI is InChI=1S/C14H14O7S/c1-3-5-8-10(13(15)16)7-11(22(19,20)21)9(6-4-2)12(8)14(17)18/h3-4,7H,1-2,5-6H2,(H,15,16)(H,17,18)(H,19,20,21). The van der Waals surface area contributed by atoms with Gasteiger partial charge in [-0.1, -0.05) is 12.2 Å². The molecule has 1 aromatic carbocycles. The van der Waals surface area contributed by atoms with Gasteiger partial charge in [-0.25, -0.2) is 9.59 Å². The fourth-order valence-corrected chi connectivity index (χ4v) is 2.89. The number of hydrogen-bond acceptors (Lipinski definition) is 4. The number of hydrogen-bond donors (Lipinski definition) is 3. The fourth-order valence-electron chi connectivity index (χ4n) is 2.13. The third-order valence-electron chi connectivity index (χ3n) is 2.92. The molecule has 22 heavy (non-hydrogen) atoms. The predicted molar refractivity (Wildman–Crippen MR) is 78.0 cm³/mol. The van der Waals surface area contributed by atoms with Gasteiger partial charge in [0.15, 0.2) is 0 Å². The maximum atomic E-state index is 11.5. The Morgan fingerprint density at radius 1 is 1.05 bits per heavy atom. The number of carboxylic acid groups (broad SMARTS) is 2. The van der Waals surface area contributed by atoms with E-state index in [-0.39, 0.29) is 24.0 Å². The molecule has 0 saturated heterocycles. The summed E-state index contributed by atoms with van der Waals surface area (Å²) in [6.45, 7) is 6.84. The average molecular weight is 326 g/mol. The highest BCUT2D eigenvalue weighted by atomic mass is 32.2. The molecule has 0 fully saturated rings. The molecule has 0 aromatic heterocycles. The topological polar surface area (TPSA) is 129 Å². The van der Waals surface area contributed by atoms with Crippen molar-refractivity contribution in [1.29, 1.82) is 0 Å². The van der Waals surface area contributed by atoms with Crippen molar-refractivity contribution in [1.82, 2.24) is 0 Å². The Balaban J connectivity index is 4.05. The summed E-state index contributed by atoms with van der Waals surface area (Å²) in [4.78, 5) is 22.0. The first-order valence-corrected chi connectivity index (χ1v) is 7.43. The van der Waals surface area contributed by atoms with Gasteiger partial charge in [-0.2, -0.15) is 8.42 Å². The van der Waals surface area contributed by atoms with E-state index in [0.717, 1.165) is 6.07 Å². The van der Waals surface area contributed by atoms with Crippen molar-refractivity contribution in [2.45, 2.75) is 17.7 Å². The van der Waals surface area contributed by atoms with Crippen LogP contribution < -0.4 is 0 Å². The molecule has 1 rings (SSSR count). The van der Waals surface area contributed by atoms with Crippen molar-refractivity contribution >= 4 is 22.1 Å². The van der Waals surface area contributed by atoms with Gasteiger partial charge < -0.3 is 10.2 Å². The van der Waals surface area contributed by atoms with Gasteiger partial charge in [-0.05, 0) is 30.0 Å². The van der Waals surface area contributed by atoms with Gasteiger partial charge in [-0.15, -0.1) is 13.2 Å². The van der Waals surface area contributed by atoms with E-state index in [2.05, 4.69) is 13.2 Å². The SMILES string of the molecule is C=CCc1c(C(=O)O)cc(S(=O)(=O)O)c(CC=C)c1C(=O)O. The van der Waals surface area contributed by atoms with Crippen LogP contribution >= 0.6 is 0 Å². The lowest BCUT2D eigenvalue weighted by Crippen LogP contribution is -2.17. The van der Waals surface area contributed by atoms with Crippen molar-refractivity contribution in [3.63, 3.8) is 0 Å². The molecule has 7 nitrogen and oxygen atoms in total. The first-order valence-electron chi connectivity index (χ1n) is 5.99. The van der Waals surface area contributed by atoms with E-state index in [1.54, 1.807) is 0 Å². The van der Waals surface area contributed by atoms with E-state index < -0.39 is 38.1 Å². The van der Waals surface area contributed by atoms with Crippen molar-refractivity contribution in [2.75, 3.05) is 0 Å². The second kappa shape index (κ2) is 6.54. The van der Waals surface area contributed by atoms with E-state index in [4.69, 9.17) is 0 Å². The fraction of sp³-hybridized carbons (Fsp3) is 0.143. The monoisotopic (exact) mass is 326 g/mol. The Bertz CT molecular complexity index is 760. The minimum Gasteiger partial charge on any atom is -0.478 e. The molecule has 0 bridgehead atoms. The Hall–Kier alpha value is -2.45. The highest BCUT2D eigenvalue weighted by Gasteiger charge is 2.28. The average Bonchev–Trinajstić information content (AvgIpc) is 2.37. The second-order valence-corrected chi connectivity index (χ2v) is 5.72. The molecular weight excluding hydrogens is 312 g/mol. The van der Waals surface area contributed by atoms with Crippen molar-refractivity contribution in [2.24, 2.45) is 0 Å². The van der Waals surface area contributed by atoms with Crippen LogP contribution in [0, 0.1) is 0 Å². The summed E-state index contributed by atoms with van der Waals surface area (Å²) >= 11 is 0. The molecule has 0 spiro atoms. The highest BCUT2D eigenvalue weighted by molar-refractivity contribution is 7.85. The van der Waals surface area contributed by atoms with Crippen LogP contribution in [0.15, 0.2) is 36.3 Å². The van der Waals surface area contributed by atoms with E-state index in [1.807, 2.05) is 0 Å². The van der Waals surface area contributed by atoms with Crippen LogP contribution in [0.4, 0.5) is 0 Å². The van der Waals surface area contributed by atoms with Gasteiger partial charge in [0.25, 0.3) is 10.1 Å². The lowest BCUT2D eigenvalue weighted by molar-refractivity contribution is 0.0694. The van der Waals surface area contributed by atoms with Crippen LogP contribution in [0.2, 0.25) is 0 Å². The number of benzene rings is 1. The molecule has 1 aromatic rings. The normalized spacial score (nSPS) is 11.0. The molecule has 8 heteroatoms. The molecule has 0 saturated carbocycles. The van der Waals surface area contributed by atoms with E-state index in [1.165, 1.54) is 12.2 Å². The molecule has 3 N–H and O–H groups in total. The predicted octanol–water partition coefficient (Wildman–Crippen LogP) is 1.79. The first kappa shape index (κ1) is 17.6. The Labute approximate surface area is 127 Å². The Morgan fingerprint density at radius 2 is 1.55 bits per heavy atom. The number of aromatic carboxylic acids is 2. The van der Waals surface area contributed by atoms with Gasteiger partial charge in [0.2, 0.25) is 0 Å². The van der Waals surface area contributed by atoms with Crippen LogP contribution in [0.5, 0.6) is 0 Å². The number of rotatable bonds is 7. The van der Waals surface area contributed by atoms with Gasteiger partial charge in [0, 0.05) is 0 Å². The minimum absolute atomic E-state index is 0.0840. The summed E-state index contributed by atoms with van der Waals surface area (Å²) in [5.41, 5.74) is -1.30. The quantitative estimate of drug-likeness (QED) is 0.514. The lowest BCUT2D eigenvalue weighted by Gasteiger charge is -2.16. The van der Waals surface area contributed by atoms with Crippen LogP contribution in [0.3, 0.4) is 0 Å².